The second kappa shape index (κ2) is 9.69. The monoisotopic (exact) mass is 481 g/mol. The minimum Gasteiger partial charge on any atom is -0.481 e. The van der Waals surface area contributed by atoms with Crippen LogP contribution in [0.1, 0.15) is 21.7 Å². The summed E-state index contributed by atoms with van der Waals surface area (Å²) in [5.74, 6) is -0.330. The lowest BCUT2D eigenvalue weighted by atomic mass is 10.1. The standard InChI is InChI=1S/C26H21Cl2NO4/c1-16-12-21(17(2)29(16)19-10-11-22(27)23(28)13-19)24(30)14-33-26(31)15-32-25-9-5-7-18-6-3-4-8-20(18)25/h3-13H,14-15H2,1-2H3. The lowest BCUT2D eigenvalue weighted by Crippen LogP contribution is -2.20. The van der Waals surface area contributed by atoms with Crippen LogP contribution >= 0.6 is 23.2 Å². The second-order valence-electron chi connectivity index (χ2n) is 7.57. The van der Waals surface area contributed by atoms with E-state index in [0.717, 1.165) is 27.8 Å². The Bertz CT molecular complexity index is 1350. The zero-order chi connectivity index (χ0) is 23.5. The molecule has 4 rings (SSSR count). The Balaban J connectivity index is 1.40. The van der Waals surface area contributed by atoms with Crippen LogP contribution in [0.25, 0.3) is 16.5 Å². The normalized spacial score (nSPS) is 10.9. The van der Waals surface area contributed by atoms with Gasteiger partial charge in [-0.3, -0.25) is 4.79 Å². The second-order valence-corrected chi connectivity index (χ2v) is 8.38. The SMILES string of the molecule is Cc1cc(C(=O)COC(=O)COc2cccc3ccccc23)c(C)n1-c1ccc(Cl)c(Cl)c1. The summed E-state index contributed by atoms with van der Waals surface area (Å²) in [7, 11) is 0. The molecule has 4 aromatic rings. The maximum Gasteiger partial charge on any atom is 0.344 e. The van der Waals surface area contributed by atoms with E-state index >= 15 is 0 Å². The highest BCUT2D eigenvalue weighted by molar-refractivity contribution is 6.42. The van der Waals surface area contributed by atoms with Crippen LogP contribution in [0.5, 0.6) is 5.75 Å². The minimum absolute atomic E-state index is 0.288. The molecular formula is C26H21Cl2NO4. The molecule has 0 N–H and O–H groups in total. The van der Waals surface area contributed by atoms with E-state index in [1.165, 1.54) is 0 Å². The molecule has 0 saturated carbocycles. The van der Waals surface area contributed by atoms with Gasteiger partial charge in [0, 0.05) is 28.0 Å². The van der Waals surface area contributed by atoms with Crippen molar-refractivity contribution in [2.24, 2.45) is 0 Å². The highest BCUT2D eigenvalue weighted by Crippen LogP contribution is 2.28. The summed E-state index contributed by atoms with van der Waals surface area (Å²) < 4.78 is 12.7. The molecule has 33 heavy (non-hydrogen) atoms. The van der Waals surface area contributed by atoms with Crippen molar-refractivity contribution in [2.75, 3.05) is 13.2 Å². The Kier molecular flexibility index (Phi) is 6.72. The van der Waals surface area contributed by atoms with Gasteiger partial charge in [0.15, 0.2) is 13.2 Å². The van der Waals surface area contributed by atoms with Crippen LogP contribution in [-0.2, 0) is 9.53 Å². The first-order valence-electron chi connectivity index (χ1n) is 10.3. The zero-order valence-corrected chi connectivity index (χ0v) is 19.6. The molecule has 0 aliphatic rings. The third kappa shape index (κ3) is 4.90. The highest BCUT2D eigenvalue weighted by atomic mass is 35.5. The maximum absolute atomic E-state index is 12.8. The van der Waals surface area contributed by atoms with Gasteiger partial charge in [0.05, 0.1) is 10.0 Å². The summed E-state index contributed by atoms with van der Waals surface area (Å²) in [6.45, 7) is 3.05. The van der Waals surface area contributed by atoms with E-state index in [-0.39, 0.29) is 19.0 Å². The van der Waals surface area contributed by atoms with Gasteiger partial charge in [0.2, 0.25) is 5.78 Å². The van der Waals surface area contributed by atoms with E-state index in [1.807, 2.05) is 60.9 Å². The predicted molar refractivity (Wildman–Crippen MR) is 130 cm³/mol. The topological polar surface area (TPSA) is 57.5 Å². The Labute approximate surface area is 201 Å². The number of esters is 1. The van der Waals surface area contributed by atoms with Gasteiger partial charge in [-0.25, -0.2) is 4.79 Å². The number of ketones is 1. The molecule has 3 aromatic carbocycles. The molecule has 0 bridgehead atoms. The third-order valence-corrected chi connectivity index (χ3v) is 6.09. The van der Waals surface area contributed by atoms with Gasteiger partial charge in [0.1, 0.15) is 5.75 Å². The molecular weight excluding hydrogens is 461 g/mol. The van der Waals surface area contributed by atoms with E-state index in [1.54, 1.807) is 24.3 Å². The Hall–Kier alpha value is -3.28. The van der Waals surface area contributed by atoms with Gasteiger partial charge in [-0.05, 0) is 49.6 Å². The molecule has 168 valence electrons. The van der Waals surface area contributed by atoms with Crippen molar-refractivity contribution in [1.82, 2.24) is 4.57 Å². The van der Waals surface area contributed by atoms with Gasteiger partial charge >= 0.3 is 5.97 Å². The van der Waals surface area contributed by atoms with E-state index in [0.29, 0.717) is 21.4 Å². The van der Waals surface area contributed by atoms with Crippen LogP contribution in [0.15, 0.2) is 66.7 Å². The van der Waals surface area contributed by atoms with Crippen LogP contribution in [0.3, 0.4) is 0 Å². The van der Waals surface area contributed by atoms with Crippen LogP contribution < -0.4 is 4.74 Å². The van der Waals surface area contributed by atoms with Crippen LogP contribution in [0.4, 0.5) is 0 Å². The molecule has 0 radical (unpaired) electrons. The van der Waals surface area contributed by atoms with E-state index in [4.69, 9.17) is 32.7 Å². The number of ether oxygens (including phenoxy) is 2. The Morgan fingerprint density at radius 3 is 2.42 bits per heavy atom. The molecule has 1 aromatic heterocycles. The fraction of sp³-hybridized carbons (Fsp3) is 0.154. The minimum atomic E-state index is -0.616. The Morgan fingerprint density at radius 1 is 0.879 bits per heavy atom. The Morgan fingerprint density at radius 2 is 1.64 bits per heavy atom. The zero-order valence-electron chi connectivity index (χ0n) is 18.1. The summed E-state index contributed by atoms with van der Waals surface area (Å²) >= 11 is 12.2. The molecule has 0 atom stereocenters. The van der Waals surface area contributed by atoms with Crippen molar-refractivity contribution in [1.29, 1.82) is 0 Å². The molecule has 0 fully saturated rings. The molecule has 0 aliphatic carbocycles. The lowest BCUT2D eigenvalue weighted by molar-refractivity contribution is -0.144. The van der Waals surface area contributed by atoms with E-state index in [9.17, 15) is 9.59 Å². The van der Waals surface area contributed by atoms with Crippen molar-refractivity contribution in [2.45, 2.75) is 13.8 Å². The van der Waals surface area contributed by atoms with Gasteiger partial charge in [-0.1, -0.05) is 59.6 Å². The number of aromatic nitrogens is 1. The molecule has 1 heterocycles. The summed E-state index contributed by atoms with van der Waals surface area (Å²) in [5.41, 5.74) is 2.83. The predicted octanol–water partition coefficient (Wildman–Crippen LogP) is 6.36. The van der Waals surface area contributed by atoms with Crippen LogP contribution in [0.2, 0.25) is 10.0 Å². The van der Waals surface area contributed by atoms with E-state index < -0.39 is 5.97 Å². The summed E-state index contributed by atoms with van der Waals surface area (Å²) in [5, 5.41) is 2.79. The number of halogens is 2. The van der Waals surface area contributed by atoms with Crippen molar-refractivity contribution in [3.63, 3.8) is 0 Å². The van der Waals surface area contributed by atoms with Crippen molar-refractivity contribution < 1.29 is 19.1 Å². The summed E-state index contributed by atoms with van der Waals surface area (Å²) in [6, 6.07) is 20.4. The summed E-state index contributed by atoms with van der Waals surface area (Å²) in [6.07, 6.45) is 0. The number of aryl methyl sites for hydroxylation is 1. The van der Waals surface area contributed by atoms with Gasteiger partial charge in [-0.15, -0.1) is 0 Å². The molecule has 0 spiro atoms. The van der Waals surface area contributed by atoms with Crippen molar-refractivity contribution in [3.05, 3.63) is 93.7 Å². The number of benzene rings is 3. The van der Waals surface area contributed by atoms with Gasteiger partial charge < -0.3 is 14.0 Å². The highest BCUT2D eigenvalue weighted by Gasteiger charge is 2.19. The van der Waals surface area contributed by atoms with Gasteiger partial charge in [0.25, 0.3) is 0 Å². The van der Waals surface area contributed by atoms with Crippen LogP contribution in [-0.4, -0.2) is 29.5 Å². The first-order chi connectivity index (χ1) is 15.8. The smallest absolute Gasteiger partial charge is 0.344 e. The number of rotatable bonds is 7. The number of carbonyl (C=O) groups is 2. The largest absolute Gasteiger partial charge is 0.481 e. The molecule has 7 heteroatoms. The number of nitrogens with zero attached hydrogens (tertiary/aromatic N) is 1. The van der Waals surface area contributed by atoms with Crippen molar-refractivity contribution >= 4 is 45.7 Å². The number of hydrogen-bond acceptors (Lipinski definition) is 4. The fourth-order valence-electron chi connectivity index (χ4n) is 3.79. The van der Waals surface area contributed by atoms with Crippen molar-refractivity contribution in [3.8, 4) is 11.4 Å². The average Bonchev–Trinajstić information content (AvgIpc) is 3.11. The molecule has 0 amide bonds. The number of carbonyl (C=O) groups excluding carboxylic acids is 2. The first kappa shape index (κ1) is 22.9. The molecule has 0 aliphatic heterocycles. The van der Waals surface area contributed by atoms with Gasteiger partial charge in [-0.2, -0.15) is 0 Å². The summed E-state index contributed by atoms with van der Waals surface area (Å²) in [4.78, 5) is 25.0. The van der Waals surface area contributed by atoms with Crippen LogP contribution in [0, 0.1) is 13.8 Å². The quantitative estimate of drug-likeness (QED) is 0.227. The molecule has 0 saturated heterocycles. The first-order valence-corrected chi connectivity index (χ1v) is 11.0. The third-order valence-electron chi connectivity index (χ3n) is 5.35. The number of Topliss-reactive ketones (excluding diaryl/α,β-unsaturated/α-hetero) is 1. The lowest BCUT2D eigenvalue weighted by Gasteiger charge is -2.11. The number of hydrogen-bond donors (Lipinski definition) is 0. The average molecular weight is 482 g/mol. The van der Waals surface area contributed by atoms with E-state index in [2.05, 4.69) is 0 Å². The molecule has 5 nitrogen and oxygen atoms in total. The number of fused-ring (bicyclic) bond motifs is 1. The molecule has 0 unspecified atom stereocenters. The fourth-order valence-corrected chi connectivity index (χ4v) is 4.08. The maximum atomic E-state index is 12.8.